The molecule has 1 unspecified atom stereocenters. The second-order valence-corrected chi connectivity index (χ2v) is 6.79. The largest absolute Gasteiger partial charge is 0.349 e. The molecule has 1 fully saturated rings. The first-order chi connectivity index (χ1) is 12.7. The van der Waals surface area contributed by atoms with E-state index in [2.05, 4.69) is 15.7 Å². The molecule has 1 saturated heterocycles. The summed E-state index contributed by atoms with van der Waals surface area (Å²) < 4.78 is 1.88. The number of piperidine rings is 1. The smallest absolute Gasteiger partial charge is 0.271 e. The van der Waals surface area contributed by atoms with E-state index in [9.17, 15) is 9.59 Å². The number of anilines is 1. The minimum atomic E-state index is -0.201. The minimum absolute atomic E-state index is 0. The van der Waals surface area contributed by atoms with Crippen LogP contribution in [-0.4, -0.2) is 47.8 Å². The van der Waals surface area contributed by atoms with Crippen molar-refractivity contribution in [1.82, 2.24) is 20.4 Å². The monoisotopic (exact) mass is 389 g/mol. The zero-order valence-corrected chi connectivity index (χ0v) is 15.9. The topological polar surface area (TPSA) is 79.3 Å². The molecule has 8 heteroatoms. The number of carbonyl (C=O) groups is 2. The van der Waals surface area contributed by atoms with Crippen LogP contribution in [0, 0.1) is 0 Å². The first-order valence-electron chi connectivity index (χ1n) is 9.15. The van der Waals surface area contributed by atoms with E-state index in [-0.39, 0.29) is 24.2 Å². The Morgan fingerprint density at radius 3 is 2.96 bits per heavy atom. The molecule has 2 aromatic rings. The van der Waals surface area contributed by atoms with Gasteiger partial charge in [0, 0.05) is 31.5 Å². The Bertz CT molecular complexity index is 816. The molecule has 1 atom stereocenters. The normalized spacial score (nSPS) is 18.7. The van der Waals surface area contributed by atoms with E-state index in [0.29, 0.717) is 31.2 Å². The van der Waals surface area contributed by atoms with Gasteiger partial charge in [-0.05, 0) is 37.1 Å². The molecule has 2 N–H and O–H groups in total. The molecular formula is C19H24ClN5O2. The first-order valence-corrected chi connectivity index (χ1v) is 9.15. The van der Waals surface area contributed by atoms with Crippen molar-refractivity contribution >= 4 is 29.9 Å². The Hall–Kier alpha value is -2.38. The molecule has 2 amide bonds. The highest BCUT2D eigenvalue weighted by Crippen LogP contribution is 2.27. The van der Waals surface area contributed by atoms with Crippen molar-refractivity contribution in [3.05, 3.63) is 47.8 Å². The first kappa shape index (κ1) is 19.4. The second kappa shape index (κ2) is 8.54. The van der Waals surface area contributed by atoms with Gasteiger partial charge in [0.1, 0.15) is 5.69 Å². The summed E-state index contributed by atoms with van der Waals surface area (Å²) in [6, 6.07) is 9.84. The molecule has 7 nitrogen and oxygen atoms in total. The maximum absolute atomic E-state index is 12.3. The van der Waals surface area contributed by atoms with Crippen LogP contribution >= 0.6 is 12.4 Å². The van der Waals surface area contributed by atoms with Gasteiger partial charge < -0.3 is 15.5 Å². The average Bonchev–Trinajstić information content (AvgIpc) is 3.28. The van der Waals surface area contributed by atoms with Gasteiger partial charge in [-0.2, -0.15) is 5.10 Å². The number of halogens is 1. The molecule has 1 aromatic carbocycles. The molecule has 3 heterocycles. The van der Waals surface area contributed by atoms with Gasteiger partial charge in [-0.15, -0.1) is 12.4 Å². The van der Waals surface area contributed by atoms with Crippen LogP contribution in [-0.2, 0) is 11.2 Å². The van der Waals surface area contributed by atoms with Crippen LogP contribution in [0.5, 0.6) is 0 Å². The summed E-state index contributed by atoms with van der Waals surface area (Å²) in [6.45, 7) is 2.80. The molecule has 2 aliphatic rings. The van der Waals surface area contributed by atoms with Crippen molar-refractivity contribution in [3.63, 3.8) is 0 Å². The maximum Gasteiger partial charge on any atom is 0.271 e. The highest BCUT2D eigenvalue weighted by molar-refractivity contribution is 6.01. The van der Waals surface area contributed by atoms with E-state index in [4.69, 9.17) is 0 Å². The fraction of sp³-hybridized carbons (Fsp3) is 0.421. The lowest BCUT2D eigenvalue weighted by Gasteiger charge is -2.22. The molecule has 0 radical (unpaired) electrons. The van der Waals surface area contributed by atoms with Crippen molar-refractivity contribution in [2.24, 2.45) is 0 Å². The summed E-state index contributed by atoms with van der Waals surface area (Å²) in [5, 5.41) is 10.6. The molecule has 0 bridgehead atoms. The molecule has 0 saturated carbocycles. The van der Waals surface area contributed by atoms with E-state index < -0.39 is 0 Å². The molecule has 1 aromatic heterocycles. The third kappa shape index (κ3) is 4.14. The summed E-state index contributed by atoms with van der Waals surface area (Å²) in [5.41, 5.74) is 2.41. The molecule has 4 rings (SSSR count). The third-order valence-corrected chi connectivity index (χ3v) is 5.03. The number of nitrogens with zero attached hydrogens (tertiary/aromatic N) is 3. The predicted molar refractivity (Wildman–Crippen MR) is 105 cm³/mol. The lowest BCUT2D eigenvalue weighted by molar-refractivity contribution is -0.117. The Labute approximate surface area is 164 Å². The van der Waals surface area contributed by atoms with Gasteiger partial charge in [-0.3, -0.25) is 14.3 Å². The van der Waals surface area contributed by atoms with E-state index in [0.717, 1.165) is 37.2 Å². The molecule has 0 spiro atoms. The number of aromatic nitrogens is 2. The van der Waals surface area contributed by atoms with Gasteiger partial charge in [0.05, 0.1) is 12.5 Å². The van der Waals surface area contributed by atoms with Gasteiger partial charge in [-0.25, -0.2) is 0 Å². The van der Waals surface area contributed by atoms with Gasteiger partial charge in [0.2, 0.25) is 5.91 Å². The SMILES string of the molecule is Cl.O=C(NCCN1C(=O)Cc2ccccc21)c1ccn(C2CCCNC2)n1. The summed E-state index contributed by atoms with van der Waals surface area (Å²) in [7, 11) is 0. The number of amides is 2. The van der Waals surface area contributed by atoms with E-state index in [1.54, 1.807) is 11.0 Å². The zero-order valence-electron chi connectivity index (χ0n) is 15.1. The van der Waals surface area contributed by atoms with E-state index >= 15 is 0 Å². The van der Waals surface area contributed by atoms with Crippen molar-refractivity contribution in [2.45, 2.75) is 25.3 Å². The maximum atomic E-state index is 12.3. The molecule has 0 aliphatic carbocycles. The van der Waals surface area contributed by atoms with Gasteiger partial charge in [0.15, 0.2) is 0 Å². The predicted octanol–water partition coefficient (Wildman–Crippen LogP) is 1.55. The minimum Gasteiger partial charge on any atom is -0.349 e. The van der Waals surface area contributed by atoms with Crippen LogP contribution in [0.15, 0.2) is 36.5 Å². The number of hydrogen-bond acceptors (Lipinski definition) is 4. The van der Waals surface area contributed by atoms with Crippen LogP contribution in [0.3, 0.4) is 0 Å². The average molecular weight is 390 g/mol. The van der Waals surface area contributed by atoms with Crippen molar-refractivity contribution in [1.29, 1.82) is 0 Å². The zero-order chi connectivity index (χ0) is 17.9. The van der Waals surface area contributed by atoms with Crippen LogP contribution in [0.1, 0.15) is 34.9 Å². The number of rotatable bonds is 5. The van der Waals surface area contributed by atoms with E-state index in [1.165, 1.54) is 0 Å². The number of hydrogen-bond donors (Lipinski definition) is 2. The standard InChI is InChI=1S/C19H23N5O2.ClH/c25-18-12-14-4-1-2-6-17(14)23(18)11-9-21-19(26)16-7-10-24(22-16)15-5-3-8-20-13-15;/h1-2,4,6-7,10,15,20H,3,5,8-9,11-13H2,(H,21,26);1H. The molecule has 27 heavy (non-hydrogen) atoms. The van der Waals surface area contributed by atoms with Gasteiger partial charge >= 0.3 is 0 Å². The summed E-state index contributed by atoms with van der Waals surface area (Å²) >= 11 is 0. The highest BCUT2D eigenvalue weighted by atomic mass is 35.5. The fourth-order valence-corrected chi connectivity index (χ4v) is 3.66. The number of para-hydroxylation sites is 1. The number of benzene rings is 1. The Morgan fingerprint density at radius 2 is 2.15 bits per heavy atom. The Kier molecular flexibility index (Phi) is 6.13. The number of fused-ring (bicyclic) bond motifs is 1. The van der Waals surface area contributed by atoms with E-state index in [1.807, 2.05) is 35.1 Å². The van der Waals surface area contributed by atoms with Gasteiger partial charge in [0.25, 0.3) is 5.91 Å². The molecular weight excluding hydrogens is 366 g/mol. The van der Waals surface area contributed by atoms with Crippen molar-refractivity contribution in [3.8, 4) is 0 Å². The van der Waals surface area contributed by atoms with Crippen LogP contribution in [0.2, 0.25) is 0 Å². The molecule has 144 valence electrons. The van der Waals surface area contributed by atoms with Gasteiger partial charge in [-0.1, -0.05) is 18.2 Å². The fourth-order valence-electron chi connectivity index (χ4n) is 3.66. The quantitative estimate of drug-likeness (QED) is 0.813. The van der Waals surface area contributed by atoms with Crippen LogP contribution < -0.4 is 15.5 Å². The number of carbonyl (C=O) groups excluding carboxylic acids is 2. The molecule has 2 aliphatic heterocycles. The van der Waals surface area contributed by atoms with Crippen molar-refractivity contribution < 1.29 is 9.59 Å². The lowest BCUT2D eigenvalue weighted by Crippen LogP contribution is -2.37. The summed E-state index contributed by atoms with van der Waals surface area (Å²) in [6.07, 6.45) is 4.50. The highest BCUT2D eigenvalue weighted by Gasteiger charge is 2.26. The summed E-state index contributed by atoms with van der Waals surface area (Å²) in [4.78, 5) is 26.2. The Balaban J connectivity index is 0.00000210. The summed E-state index contributed by atoms with van der Waals surface area (Å²) in [5.74, 6) is -0.123. The van der Waals surface area contributed by atoms with Crippen molar-refractivity contribution in [2.75, 3.05) is 31.1 Å². The van der Waals surface area contributed by atoms with Crippen LogP contribution in [0.4, 0.5) is 5.69 Å². The number of nitrogens with one attached hydrogen (secondary N) is 2. The Morgan fingerprint density at radius 1 is 1.30 bits per heavy atom. The lowest BCUT2D eigenvalue weighted by atomic mass is 10.1. The van der Waals surface area contributed by atoms with Crippen LogP contribution in [0.25, 0.3) is 0 Å². The second-order valence-electron chi connectivity index (χ2n) is 6.79. The third-order valence-electron chi connectivity index (χ3n) is 5.03.